The Hall–Kier alpha value is -1.01. The van der Waals surface area contributed by atoms with E-state index in [4.69, 9.17) is 5.26 Å². The Labute approximate surface area is 112 Å². The molecule has 0 radical (unpaired) electrons. The second-order valence-corrected chi connectivity index (χ2v) is 6.41. The molecule has 0 amide bonds. The Balaban J connectivity index is 1.97. The lowest BCUT2D eigenvalue weighted by molar-refractivity contribution is 0.394. The predicted octanol–water partition coefficient (Wildman–Crippen LogP) is 4.51. The molecule has 0 bridgehead atoms. The summed E-state index contributed by atoms with van der Waals surface area (Å²) in [7, 11) is 0. The van der Waals surface area contributed by atoms with E-state index >= 15 is 0 Å². The molecule has 1 aromatic rings. The minimum absolute atomic E-state index is 0.249. The van der Waals surface area contributed by atoms with Crippen molar-refractivity contribution in [1.82, 2.24) is 0 Å². The third-order valence-electron chi connectivity index (χ3n) is 3.55. The summed E-state index contributed by atoms with van der Waals surface area (Å²) in [6.07, 6.45) is 5.14. The van der Waals surface area contributed by atoms with Crippen molar-refractivity contribution in [2.24, 2.45) is 5.92 Å². The first-order valence-electron chi connectivity index (χ1n) is 6.49. The zero-order chi connectivity index (χ0) is 13.0. The van der Waals surface area contributed by atoms with Gasteiger partial charge in [-0.1, -0.05) is 19.8 Å². The van der Waals surface area contributed by atoms with Crippen molar-refractivity contribution in [3.05, 3.63) is 35.1 Å². The largest absolute Gasteiger partial charge is 0.207 e. The number of hydrogen-bond acceptors (Lipinski definition) is 2. The smallest absolute Gasteiger partial charge is 0.123 e. The highest BCUT2D eigenvalue weighted by atomic mass is 32.2. The van der Waals surface area contributed by atoms with Gasteiger partial charge < -0.3 is 0 Å². The number of benzene rings is 1. The summed E-state index contributed by atoms with van der Waals surface area (Å²) in [5, 5.41) is 9.68. The van der Waals surface area contributed by atoms with E-state index in [2.05, 4.69) is 13.0 Å². The van der Waals surface area contributed by atoms with Gasteiger partial charge in [0.2, 0.25) is 0 Å². The third-order valence-corrected chi connectivity index (χ3v) is 4.93. The maximum Gasteiger partial charge on any atom is 0.123 e. The molecule has 1 fully saturated rings. The van der Waals surface area contributed by atoms with E-state index in [0.29, 0.717) is 10.8 Å². The van der Waals surface area contributed by atoms with Crippen molar-refractivity contribution >= 4 is 11.8 Å². The van der Waals surface area contributed by atoms with Crippen LogP contribution in [0.1, 0.15) is 43.7 Å². The number of halogens is 1. The van der Waals surface area contributed by atoms with Crippen LogP contribution in [0, 0.1) is 23.1 Å². The lowest BCUT2D eigenvalue weighted by Crippen LogP contribution is -2.15. The zero-order valence-corrected chi connectivity index (χ0v) is 11.5. The molecule has 18 heavy (non-hydrogen) atoms. The molecule has 2 atom stereocenters. The summed E-state index contributed by atoms with van der Waals surface area (Å²) in [4.78, 5) is 0. The molecule has 1 aliphatic rings. The first-order chi connectivity index (χ1) is 8.69. The SMILES string of the molecule is CC1CCCC(SCc2cc(F)ccc2C#N)C1. The van der Waals surface area contributed by atoms with Crippen molar-refractivity contribution < 1.29 is 4.39 Å². The predicted molar refractivity (Wildman–Crippen MR) is 73.8 cm³/mol. The van der Waals surface area contributed by atoms with E-state index in [9.17, 15) is 4.39 Å². The van der Waals surface area contributed by atoms with Gasteiger partial charge in [-0.15, -0.1) is 0 Å². The fraction of sp³-hybridized carbons (Fsp3) is 0.533. The Morgan fingerprint density at radius 1 is 1.44 bits per heavy atom. The van der Waals surface area contributed by atoms with Gasteiger partial charge >= 0.3 is 0 Å². The van der Waals surface area contributed by atoms with Crippen molar-refractivity contribution in [3.8, 4) is 6.07 Å². The average Bonchev–Trinajstić information content (AvgIpc) is 2.37. The normalized spacial score (nSPS) is 23.6. The molecule has 96 valence electrons. The van der Waals surface area contributed by atoms with Crippen LogP contribution in [0.25, 0.3) is 0 Å². The van der Waals surface area contributed by atoms with Gasteiger partial charge in [0, 0.05) is 11.0 Å². The molecule has 0 aromatic heterocycles. The molecule has 0 saturated heterocycles. The van der Waals surface area contributed by atoms with Crippen molar-refractivity contribution in [1.29, 1.82) is 5.26 Å². The summed E-state index contributed by atoms with van der Waals surface area (Å²) in [6.45, 7) is 2.30. The lowest BCUT2D eigenvalue weighted by atomic mass is 9.91. The first-order valence-corrected chi connectivity index (χ1v) is 7.54. The van der Waals surface area contributed by atoms with Crippen LogP contribution in [-0.4, -0.2) is 5.25 Å². The molecule has 1 saturated carbocycles. The van der Waals surface area contributed by atoms with E-state index < -0.39 is 0 Å². The molecule has 1 nitrogen and oxygen atoms in total. The van der Waals surface area contributed by atoms with Crippen LogP contribution in [0.15, 0.2) is 18.2 Å². The number of hydrogen-bond donors (Lipinski definition) is 0. The number of nitrogens with zero attached hydrogens (tertiary/aromatic N) is 1. The van der Waals surface area contributed by atoms with Crippen molar-refractivity contribution in [3.63, 3.8) is 0 Å². The molecule has 1 aliphatic carbocycles. The van der Waals surface area contributed by atoms with Gasteiger partial charge in [-0.05, 0) is 42.5 Å². The monoisotopic (exact) mass is 263 g/mol. The van der Waals surface area contributed by atoms with Gasteiger partial charge in [0.25, 0.3) is 0 Å². The highest BCUT2D eigenvalue weighted by molar-refractivity contribution is 7.99. The second-order valence-electron chi connectivity index (χ2n) is 5.12. The van der Waals surface area contributed by atoms with E-state index in [1.165, 1.54) is 37.8 Å². The maximum absolute atomic E-state index is 13.2. The van der Waals surface area contributed by atoms with E-state index in [1.807, 2.05) is 11.8 Å². The minimum atomic E-state index is -0.249. The summed E-state index contributed by atoms with van der Waals surface area (Å²) in [5.74, 6) is 1.30. The molecule has 2 rings (SSSR count). The number of thioether (sulfide) groups is 1. The first kappa shape index (κ1) is 13.4. The fourth-order valence-electron chi connectivity index (χ4n) is 2.53. The van der Waals surface area contributed by atoms with Gasteiger partial charge in [-0.2, -0.15) is 17.0 Å². The minimum Gasteiger partial charge on any atom is -0.207 e. The Morgan fingerprint density at radius 2 is 2.28 bits per heavy atom. The van der Waals surface area contributed by atoms with Crippen LogP contribution in [0.5, 0.6) is 0 Å². The summed E-state index contributed by atoms with van der Waals surface area (Å²) in [6, 6.07) is 6.57. The van der Waals surface area contributed by atoms with Crippen LogP contribution in [0.4, 0.5) is 4.39 Å². The molecule has 0 spiro atoms. The molecule has 0 aliphatic heterocycles. The standard InChI is InChI=1S/C15H18FNS/c1-11-3-2-4-15(7-11)18-10-13-8-14(16)6-5-12(13)9-17/h5-6,8,11,15H,2-4,7,10H2,1H3. The molecule has 2 unspecified atom stereocenters. The molecule has 0 heterocycles. The highest BCUT2D eigenvalue weighted by Crippen LogP contribution is 2.34. The Bertz CT molecular complexity index is 452. The summed E-state index contributed by atoms with van der Waals surface area (Å²) in [5.41, 5.74) is 1.44. The number of nitriles is 1. The van der Waals surface area contributed by atoms with Gasteiger partial charge in [0.1, 0.15) is 5.82 Å². The van der Waals surface area contributed by atoms with Gasteiger partial charge in [-0.3, -0.25) is 0 Å². The average molecular weight is 263 g/mol. The van der Waals surface area contributed by atoms with Crippen molar-refractivity contribution in [2.75, 3.05) is 0 Å². The highest BCUT2D eigenvalue weighted by Gasteiger charge is 2.19. The molecule has 3 heteroatoms. The van der Waals surface area contributed by atoms with E-state index in [1.54, 1.807) is 6.07 Å². The van der Waals surface area contributed by atoms with Crippen LogP contribution < -0.4 is 0 Å². The molecular weight excluding hydrogens is 245 g/mol. The molecule has 0 N–H and O–H groups in total. The zero-order valence-electron chi connectivity index (χ0n) is 10.7. The van der Waals surface area contributed by atoms with E-state index in [0.717, 1.165) is 17.2 Å². The lowest BCUT2D eigenvalue weighted by Gasteiger charge is -2.26. The van der Waals surface area contributed by atoms with Gasteiger partial charge in [0.15, 0.2) is 0 Å². The second kappa shape index (κ2) is 6.24. The maximum atomic E-state index is 13.2. The molecular formula is C15H18FNS. The van der Waals surface area contributed by atoms with Crippen LogP contribution in [0.3, 0.4) is 0 Å². The number of rotatable bonds is 3. The van der Waals surface area contributed by atoms with E-state index in [-0.39, 0.29) is 5.82 Å². The summed E-state index contributed by atoms with van der Waals surface area (Å²) < 4.78 is 13.2. The van der Waals surface area contributed by atoms with Gasteiger partial charge in [0.05, 0.1) is 11.6 Å². The van der Waals surface area contributed by atoms with Crippen LogP contribution in [0.2, 0.25) is 0 Å². The van der Waals surface area contributed by atoms with Gasteiger partial charge in [-0.25, -0.2) is 4.39 Å². The topological polar surface area (TPSA) is 23.8 Å². The molecule has 1 aromatic carbocycles. The summed E-state index contributed by atoms with van der Waals surface area (Å²) >= 11 is 1.87. The van der Waals surface area contributed by atoms with Crippen LogP contribution in [-0.2, 0) is 5.75 Å². The van der Waals surface area contributed by atoms with Crippen molar-refractivity contribution in [2.45, 2.75) is 43.6 Å². The van der Waals surface area contributed by atoms with Crippen LogP contribution >= 0.6 is 11.8 Å². The Morgan fingerprint density at radius 3 is 3.00 bits per heavy atom. The third kappa shape index (κ3) is 3.49. The fourth-order valence-corrected chi connectivity index (χ4v) is 3.98. The Kier molecular flexibility index (Phi) is 4.66. The quantitative estimate of drug-likeness (QED) is 0.801.